The molecule has 0 bridgehead atoms. The Kier molecular flexibility index (Phi) is 3.85. The number of rotatable bonds is 4. The first-order chi connectivity index (χ1) is 11.7. The Labute approximate surface area is 142 Å². The van der Waals surface area contributed by atoms with Gasteiger partial charge in [0.1, 0.15) is 0 Å². The molecule has 1 amide bonds. The summed E-state index contributed by atoms with van der Waals surface area (Å²) < 4.78 is 6.89. The fourth-order valence-electron chi connectivity index (χ4n) is 2.82. The molecule has 9 heteroatoms. The molecule has 1 aliphatic heterocycles. The molecule has 4 rings (SSSR count). The Morgan fingerprint density at radius 3 is 3.17 bits per heavy atom. The van der Waals surface area contributed by atoms with Crippen LogP contribution in [0.1, 0.15) is 23.9 Å². The van der Waals surface area contributed by atoms with Crippen molar-refractivity contribution in [3.63, 3.8) is 0 Å². The molecule has 0 N–H and O–H groups in total. The summed E-state index contributed by atoms with van der Waals surface area (Å²) in [5.41, 5.74) is 1.63. The van der Waals surface area contributed by atoms with E-state index in [0.717, 1.165) is 18.5 Å². The minimum absolute atomic E-state index is 0.127. The van der Waals surface area contributed by atoms with Gasteiger partial charge in [-0.1, -0.05) is 10.4 Å². The third-order valence-electron chi connectivity index (χ3n) is 4.08. The zero-order chi connectivity index (χ0) is 16.5. The number of nitrogens with zero attached hydrogens (tertiary/aromatic N) is 6. The van der Waals surface area contributed by atoms with Crippen LogP contribution in [0, 0.1) is 6.92 Å². The van der Waals surface area contributed by atoms with E-state index in [2.05, 4.69) is 20.5 Å². The molecule has 0 saturated carbocycles. The van der Waals surface area contributed by atoms with Gasteiger partial charge in [0.05, 0.1) is 18.7 Å². The molecule has 0 aliphatic carbocycles. The van der Waals surface area contributed by atoms with Gasteiger partial charge in [0, 0.05) is 13.1 Å². The Bertz CT molecular complexity index is 840. The van der Waals surface area contributed by atoms with Gasteiger partial charge in [-0.3, -0.25) is 4.79 Å². The molecule has 0 aromatic carbocycles. The van der Waals surface area contributed by atoms with Crippen LogP contribution < -0.4 is 0 Å². The zero-order valence-electron chi connectivity index (χ0n) is 13.1. The second kappa shape index (κ2) is 6.16. The monoisotopic (exact) mass is 344 g/mol. The smallest absolute Gasteiger partial charge is 0.280 e. The molecule has 8 nitrogen and oxygen atoms in total. The highest BCUT2D eigenvalue weighted by Gasteiger charge is 2.28. The molecule has 1 fully saturated rings. The molecule has 0 spiro atoms. The summed E-state index contributed by atoms with van der Waals surface area (Å²) in [6.07, 6.45) is 3.12. The average molecular weight is 344 g/mol. The summed E-state index contributed by atoms with van der Waals surface area (Å²) in [5.74, 6) is 1.08. The van der Waals surface area contributed by atoms with E-state index in [9.17, 15) is 4.79 Å². The predicted octanol–water partition coefficient (Wildman–Crippen LogP) is 1.71. The Morgan fingerprint density at radius 1 is 1.50 bits per heavy atom. The van der Waals surface area contributed by atoms with E-state index < -0.39 is 0 Å². The highest BCUT2D eigenvalue weighted by Crippen LogP contribution is 2.23. The van der Waals surface area contributed by atoms with Crippen LogP contribution in [0.3, 0.4) is 0 Å². The van der Waals surface area contributed by atoms with Gasteiger partial charge in [-0.15, -0.1) is 5.10 Å². The van der Waals surface area contributed by atoms with Crippen molar-refractivity contribution in [1.82, 2.24) is 30.0 Å². The summed E-state index contributed by atoms with van der Waals surface area (Å²) in [7, 11) is 0. The van der Waals surface area contributed by atoms with Crippen LogP contribution in [0.15, 0.2) is 27.5 Å². The lowest BCUT2D eigenvalue weighted by Gasteiger charge is -2.16. The number of aryl methyl sites for hydroxylation is 1. The number of amides is 1. The predicted molar refractivity (Wildman–Crippen MR) is 86.3 cm³/mol. The van der Waals surface area contributed by atoms with Crippen LogP contribution in [0.5, 0.6) is 0 Å². The molecular weight excluding hydrogens is 328 g/mol. The normalized spacial score (nSPS) is 17.5. The highest BCUT2D eigenvalue weighted by molar-refractivity contribution is 7.07. The van der Waals surface area contributed by atoms with Crippen molar-refractivity contribution in [1.29, 1.82) is 0 Å². The Hall–Kier alpha value is -2.55. The van der Waals surface area contributed by atoms with Crippen molar-refractivity contribution < 1.29 is 9.32 Å². The average Bonchev–Trinajstić information content (AvgIpc) is 3.34. The quantitative estimate of drug-likeness (QED) is 0.716. The number of carbonyl (C=O) groups is 1. The van der Waals surface area contributed by atoms with Crippen molar-refractivity contribution in [3.8, 4) is 11.6 Å². The summed E-state index contributed by atoms with van der Waals surface area (Å²) in [5, 5.41) is 16.0. The van der Waals surface area contributed by atoms with Gasteiger partial charge in [0.15, 0.2) is 11.5 Å². The number of carbonyl (C=O) groups excluding carboxylic acids is 1. The third kappa shape index (κ3) is 2.94. The highest BCUT2D eigenvalue weighted by atomic mass is 32.1. The lowest BCUT2D eigenvalue weighted by molar-refractivity contribution is -0.129. The fourth-order valence-corrected chi connectivity index (χ4v) is 3.49. The maximum Gasteiger partial charge on any atom is 0.280 e. The van der Waals surface area contributed by atoms with E-state index in [4.69, 9.17) is 4.52 Å². The molecule has 0 radical (unpaired) electrons. The maximum absolute atomic E-state index is 12.4. The first-order valence-corrected chi connectivity index (χ1v) is 8.64. The molecule has 1 saturated heterocycles. The lowest BCUT2D eigenvalue weighted by Crippen LogP contribution is -2.30. The van der Waals surface area contributed by atoms with Crippen molar-refractivity contribution in [3.05, 3.63) is 34.4 Å². The molecule has 0 unspecified atom stereocenters. The topological polar surface area (TPSA) is 89.9 Å². The zero-order valence-corrected chi connectivity index (χ0v) is 13.9. The number of likely N-dealkylation sites (tertiary alicyclic amines) is 1. The fraction of sp³-hybridized carbons (Fsp3) is 0.400. The van der Waals surface area contributed by atoms with Gasteiger partial charge in [0.25, 0.3) is 5.89 Å². The van der Waals surface area contributed by atoms with Crippen LogP contribution in [0.25, 0.3) is 11.6 Å². The Balaban J connectivity index is 1.41. The Morgan fingerprint density at radius 2 is 2.42 bits per heavy atom. The van der Waals surface area contributed by atoms with Crippen molar-refractivity contribution in [2.75, 3.05) is 13.1 Å². The maximum atomic E-state index is 12.4. The molecule has 4 heterocycles. The number of aromatic nitrogens is 5. The van der Waals surface area contributed by atoms with E-state index in [1.807, 2.05) is 21.7 Å². The second-order valence-electron chi connectivity index (χ2n) is 5.82. The van der Waals surface area contributed by atoms with Gasteiger partial charge in [0.2, 0.25) is 5.91 Å². The van der Waals surface area contributed by atoms with Gasteiger partial charge >= 0.3 is 0 Å². The summed E-state index contributed by atoms with van der Waals surface area (Å²) >= 11 is 1.61. The van der Waals surface area contributed by atoms with E-state index in [-0.39, 0.29) is 11.9 Å². The summed E-state index contributed by atoms with van der Waals surface area (Å²) in [6.45, 7) is 3.14. The minimum atomic E-state index is 0.127. The molecule has 1 atom stereocenters. The minimum Gasteiger partial charge on any atom is -0.340 e. The number of hydrogen-bond acceptors (Lipinski definition) is 7. The largest absolute Gasteiger partial charge is 0.340 e. The van der Waals surface area contributed by atoms with E-state index in [0.29, 0.717) is 30.4 Å². The van der Waals surface area contributed by atoms with Crippen molar-refractivity contribution >= 4 is 17.2 Å². The number of thiophene rings is 1. The second-order valence-corrected chi connectivity index (χ2v) is 6.60. The molecule has 3 aromatic heterocycles. The van der Waals surface area contributed by atoms with Gasteiger partial charge < -0.3 is 9.42 Å². The SMILES string of the molecule is Cc1noc(-c2cn([C@@H]3CCN(C(=O)Cc4ccsc4)C3)nn2)n1. The first kappa shape index (κ1) is 15.0. The standard InChI is InChI=1S/C15H16N6O2S/c1-10-16-15(23-18-10)13-8-21(19-17-13)12-2-4-20(7-12)14(22)6-11-3-5-24-9-11/h3,5,8-9,12H,2,4,6-7H2,1H3/t12-/m1/s1. The summed E-state index contributed by atoms with van der Waals surface area (Å²) in [4.78, 5) is 18.4. The van der Waals surface area contributed by atoms with Crippen LogP contribution >= 0.6 is 11.3 Å². The van der Waals surface area contributed by atoms with Crippen molar-refractivity contribution in [2.45, 2.75) is 25.8 Å². The van der Waals surface area contributed by atoms with Crippen LogP contribution in [0.4, 0.5) is 0 Å². The van der Waals surface area contributed by atoms with Gasteiger partial charge in [-0.05, 0) is 35.7 Å². The molecular formula is C15H16N6O2S. The van der Waals surface area contributed by atoms with E-state index in [1.165, 1.54) is 0 Å². The van der Waals surface area contributed by atoms with E-state index in [1.54, 1.807) is 29.1 Å². The van der Waals surface area contributed by atoms with Crippen LogP contribution in [-0.2, 0) is 11.2 Å². The summed E-state index contributed by atoms with van der Waals surface area (Å²) in [6, 6.07) is 2.12. The number of hydrogen-bond donors (Lipinski definition) is 0. The van der Waals surface area contributed by atoms with Crippen LogP contribution in [0.2, 0.25) is 0 Å². The lowest BCUT2D eigenvalue weighted by atomic mass is 10.2. The molecule has 1 aliphatic rings. The molecule has 3 aromatic rings. The van der Waals surface area contributed by atoms with Gasteiger partial charge in [-0.2, -0.15) is 16.3 Å². The first-order valence-electron chi connectivity index (χ1n) is 7.70. The molecule has 24 heavy (non-hydrogen) atoms. The molecule has 124 valence electrons. The van der Waals surface area contributed by atoms with Crippen LogP contribution in [-0.4, -0.2) is 49.0 Å². The van der Waals surface area contributed by atoms with Crippen molar-refractivity contribution in [2.24, 2.45) is 0 Å². The van der Waals surface area contributed by atoms with Gasteiger partial charge in [-0.25, -0.2) is 4.68 Å². The van der Waals surface area contributed by atoms with E-state index >= 15 is 0 Å². The third-order valence-corrected chi connectivity index (χ3v) is 4.81.